The molecule has 4 unspecified atom stereocenters. The maximum Gasteiger partial charge on any atom is 0.225 e. The van der Waals surface area contributed by atoms with Crippen LogP contribution in [0.2, 0.25) is 0 Å². The smallest absolute Gasteiger partial charge is 0.225 e. The number of amides is 1. The van der Waals surface area contributed by atoms with Gasteiger partial charge in [-0.25, -0.2) is 4.98 Å². The Balaban J connectivity index is 1.47. The van der Waals surface area contributed by atoms with E-state index < -0.39 is 0 Å². The van der Waals surface area contributed by atoms with Crippen molar-refractivity contribution in [2.75, 3.05) is 5.32 Å². The fourth-order valence-corrected chi connectivity index (χ4v) is 6.62. The lowest BCUT2D eigenvalue weighted by molar-refractivity contribution is -0.116. The van der Waals surface area contributed by atoms with Crippen LogP contribution in [0.15, 0.2) is 66.7 Å². The minimum Gasteiger partial charge on any atom is -0.309 e. The Labute approximate surface area is 186 Å². The van der Waals surface area contributed by atoms with Crippen LogP contribution in [0.1, 0.15) is 58.8 Å². The zero-order chi connectivity index (χ0) is 22.0. The van der Waals surface area contributed by atoms with E-state index in [-0.39, 0.29) is 11.3 Å². The van der Waals surface area contributed by atoms with Gasteiger partial charge in [-0.15, -0.1) is 0 Å². The van der Waals surface area contributed by atoms with E-state index >= 15 is 0 Å². The number of allylic oxidation sites excluding steroid dienone is 6. The second-order valence-corrected chi connectivity index (χ2v) is 9.78. The summed E-state index contributed by atoms with van der Waals surface area (Å²) in [5.74, 6) is 2.90. The van der Waals surface area contributed by atoms with Gasteiger partial charge in [0.15, 0.2) is 5.82 Å². The first-order chi connectivity index (χ1) is 14.9. The van der Waals surface area contributed by atoms with Crippen LogP contribution in [-0.4, -0.2) is 15.9 Å². The monoisotopic (exact) mass is 417 g/mol. The Morgan fingerprint density at radius 1 is 1.32 bits per heavy atom. The Morgan fingerprint density at radius 2 is 2.16 bits per heavy atom. The normalized spacial score (nSPS) is 34.1. The van der Waals surface area contributed by atoms with Crippen LogP contribution in [0.25, 0.3) is 0 Å². The number of carbonyl (C=O) groups excluding carboxylic acids is 1. The van der Waals surface area contributed by atoms with Gasteiger partial charge in [0, 0.05) is 18.8 Å². The zero-order valence-electron chi connectivity index (χ0n) is 18.9. The van der Waals surface area contributed by atoms with Crippen LogP contribution in [0.4, 0.5) is 5.82 Å². The molecule has 0 saturated heterocycles. The van der Waals surface area contributed by atoms with Crippen molar-refractivity contribution in [1.29, 1.82) is 0 Å². The van der Waals surface area contributed by atoms with E-state index in [2.05, 4.69) is 60.5 Å². The quantitative estimate of drug-likeness (QED) is 0.574. The number of aromatic nitrogens is 2. The second kappa shape index (κ2) is 8.94. The van der Waals surface area contributed by atoms with E-state index in [1.807, 2.05) is 0 Å². The lowest BCUT2D eigenvalue weighted by Crippen LogP contribution is -2.43. The predicted octanol–water partition coefficient (Wildman–Crippen LogP) is 6.27. The van der Waals surface area contributed by atoms with Crippen LogP contribution >= 0.6 is 0 Å². The average Bonchev–Trinajstić information content (AvgIpc) is 3.03. The molecule has 0 aromatic carbocycles. The molecule has 1 amide bonds. The molecule has 0 bridgehead atoms. The van der Waals surface area contributed by atoms with Crippen molar-refractivity contribution in [2.24, 2.45) is 29.1 Å². The van der Waals surface area contributed by atoms with Gasteiger partial charge in [-0.3, -0.25) is 9.78 Å². The van der Waals surface area contributed by atoms with Gasteiger partial charge >= 0.3 is 0 Å². The van der Waals surface area contributed by atoms with E-state index in [4.69, 9.17) is 0 Å². The average molecular weight is 418 g/mol. The molecule has 1 aromatic heterocycles. The summed E-state index contributed by atoms with van der Waals surface area (Å²) in [6.07, 6.45) is 18.5. The molecular weight excluding hydrogens is 382 g/mol. The summed E-state index contributed by atoms with van der Waals surface area (Å²) < 4.78 is 0. The Hall–Kier alpha value is -2.49. The molecule has 164 valence electrons. The summed E-state index contributed by atoms with van der Waals surface area (Å²) in [5, 5.41) is 2.88. The van der Waals surface area contributed by atoms with Crippen molar-refractivity contribution in [3.05, 3.63) is 66.7 Å². The highest BCUT2D eigenvalue weighted by Crippen LogP contribution is 2.64. The molecule has 3 saturated carbocycles. The van der Waals surface area contributed by atoms with Crippen molar-refractivity contribution >= 4 is 11.7 Å². The van der Waals surface area contributed by atoms with E-state index in [0.29, 0.717) is 35.9 Å². The Kier molecular flexibility index (Phi) is 6.27. The maximum absolute atomic E-state index is 12.5. The molecule has 0 spiro atoms. The topological polar surface area (TPSA) is 54.9 Å². The first-order valence-electron chi connectivity index (χ1n) is 11.7. The minimum absolute atomic E-state index is 0.0247. The highest BCUT2D eigenvalue weighted by molar-refractivity contribution is 5.89. The fourth-order valence-electron chi connectivity index (χ4n) is 6.62. The Bertz CT molecular complexity index is 916. The largest absolute Gasteiger partial charge is 0.309 e. The number of fused-ring (bicyclic) bond motifs is 3. The summed E-state index contributed by atoms with van der Waals surface area (Å²) in [6, 6.07) is 0. The van der Waals surface area contributed by atoms with Crippen LogP contribution in [0.5, 0.6) is 0 Å². The van der Waals surface area contributed by atoms with Crippen molar-refractivity contribution in [2.45, 2.75) is 58.8 Å². The van der Waals surface area contributed by atoms with Crippen LogP contribution in [0.3, 0.4) is 0 Å². The first-order valence-corrected chi connectivity index (χ1v) is 11.7. The SMILES string of the molecule is C=C1/C(=C\C=C/C)CCC2C1CC[C@]1(C)C(=C)CC(CCC(=O)Nc3cnccn3)C21. The summed E-state index contributed by atoms with van der Waals surface area (Å²) in [5.41, 5.74) is 4.39. The van der Waals surface area contributed by atoms with Crippen LogP contribution < -0.4 is 5.32 Å². The molecule has 4 rings (SSSR count). The predicted molar refractivity (Wildman–Crippen MR) is 126 cm³/mol. The molecule has 0 radical (unpaired) electrons. The molecule has 1 N–H and O–H groups in total. The molecule has 5 atom stereocenters. The number of carbonyl (C=O) groups is 1. The van der Waals surface area contributed by atoms with E-state index in [9.17, 15) is 4.79 Å². The van der Waals surface area contributed by atoms with E-state index in [1.165, 1.54) is 36.0 Å². The third-order valence-corrected chi connectivity index (χ3v) is 8.18. The van der Waals surface area contributed by atoms with Gasteiger partial charge in [-0.05, 0) is 85.7 Å². The first kappa shape index (κ1) is 21.7. The number of hydrogen-bond acceptors (Lipinski definition) is 3. The van der Waals surface area contributed by atoms with Gasteiger partial charge in [0.25, 0.3) is 0 Å². The van der Waals surface area contributed by atoms with Gasteiger partial charge < -0.3 is 5.32 Å². The summed E-state index contributed by atoms with van der Waals surface area (Å²) in [6.45, 7) is 13.5. The van der Waals surface area contributed by atoms with Gasteiger partial charge in [-0.1, -0.05) is 43.9 Å². The number of anilines is 1. The third kappa shape index (κ3) is 4.17. The molecule has 1 aromatic rings. The number of nitrogens with one attached hydrogen (secondary N) is 1. The number of nitrogens with zero attached hydrogens (tertiary/aromatic N) is 2. The Morgan fingerprint density at radius 3 is 2.90 bits per heavy atom. The summed E-state index contributed by atoms with van der Waals surface area (Å²) in [7, 11) is 0. The fraction of sp³-hybridized carbons (Fsp3) is 0.519. The van der Waals surface area contributed by atoms with E-state index in [1.54, 1.807) is 18.6 Å². The molecule has 4 heteroatoms. The minimum atomic E-state index is 0.0247. The van der Waals surface area contributed by atoms with Crippen molar-refractivity contribution in [3.63, 3.8) is 0 Å². The lowest BCUT2D eigenvalue weighted by Gasteiger charge is -2.51. The van der Waals surface area contributed by atoms with Gasteiger partial charge in [-0.2, -0.15) is 0 Å². The molecule has 3 aliphatic carbocycles. The second-order valence-electron chi connectivity index (χ2n) is 9.78. The molecule has 4 nitrogen and oxygen atoms in total. The third-order valence-electron chi connectivity index (χ3n) is 8.18. The summed E-state index contributed by atoms with van der Waals surface area (Å²) in [4.78, 5) is 20.7. The lowest BCUT2D eigenvalue weighted by atomic mass is 9.53. The van der Waals surface area contributed by atoms with Gasteiger partial charge in [0.05, 0.1) is 6.20 Å². The van der Waals surface area contributed by atoms with Crippen molar-refractivity contribution in [1.82, 2.24) is 9.97 Å². The van der Waals surface area contributed by atoms with Gasteiger partial charge in [0.2, 0.25) is 5.91 Å². The highest BCUT2D eigenvalue weighted by atomic mass is 16.1. The highest BCUT2D eigenvalue weighted by Gasteiger charge is 2.55. The van der Waals surface area contributed by atoms with Crippen LogP contribution in [0, 0.1) is 29.1 Å². The molecule has 0 aliphatic heterocycles. The zero-order valence-corrected chi connectivity index (χ0v) is 18.9. The number of rotatable bonds is 5. The standard InChI is InChI=1S/C27H35N3O/c1-5-6-7-20-8-10-23-22(19(20)3)12-13-27(4)18(2)16-21(26(23)27)9-11-25(31)30-24-17-28-14-15-29-24/h5-7,14-15,17,21-23,26H,2-3,8-13,16H2,1,4H3,(H,29,30,31)/b6-5-,20-7-/t21?,22?,23?,26?,27-/m1/s1. The van der Waals surface area contributed by atoms with Crippen LogP contribution in [-0.2, 0) is 4.79 Å². The van der Waals surface area contributed by atoms with E-state index in [0.717, 1.165) is 19.3 Å². The van der Waals surface area contributed by atoms with Crippen molar-refractivity contribution < 1.29 is 4.79 Å². The molecule has 1 heterocycles. The summed E-state index contributed by atoms with van der Waals surface area (Å²) >= 11 is 0. The molecule has 31 heavy (non-hydrogen) atoms. The number of hydrogen-bond donors (Lipinski definition) is 1. The van der Waals surface area contributed by atoms with Gasteiger partial charge in [0.1, 0.15) is 0 Å². The molecular formula is C27H35N3O. The molecule has 3 fully saturated rings. The van der Waals surface area contributed by atoms with Crippen molar-refractivity contribution in [3.8, 4) is 0 Å². The maximum atomic E-state index is 12.5. The molecule has 3 aliphatic rings.